The Hall–Kier alpha value is -2.32. The van der Waals surface area contributed by atoms with Crippen LogP contribution in [0.15, 0.2) is 58.4 Å². The van der Waals surface area contributed by atoms with E-state index < -0.39 is 29.9 Å². The molecule has 1 heterocycles. The maximum absolute atomic E-state index is 14.1. The molecule has 0 aromatic heterocycles. The molecule has 1 aliphatic heterocycles. The van der Waals surface area contributed by atoms with E-state index in [1.165, 1.54) is 23.1 Å². The van der Waals surface area contributed by atoms with Crippen LogP contribution in [-0.2, 0) is 11.3 Å². The lowest BCUT2D eigenvalue weighted by atomic mass is 10.1. The summed E-state index contributed by atoms with van der Waals surface area (Å²) in [6, 6.07) is 6.61. The first kappa shape index (κ1) is 19.4. The minimum Gasteiger partial charge on any atom is -0.488 e. The number of nitrogens with zero attached hydrogens (tertiary/aromatic N) is 1. The average molecular weight is 444 g/mol. The van der Waals surface area contributed by atoms with Crippen LogP contribution in [0.25, 0.3) is 0 Å². The highest BCUT2D eigenvalue weighted by molar-refractivity contribution is 9.11. The first-order valence-electron chi connectivity index (χ1n) is 7.89. The van der Waals surface area contributed by atoms with E-state index in [0.717, 1.165) is 24.3 Å². The number of aliphatic hydroxyl groups is 1. The van der Waals surface area contributed by atoms with Gasteiger partial charge in [0.2, 0.25) is 0 Å². The van der Waals surface area contributed by atoms with Crippen LogP contribution in [0.5, 0.6) is 0 Å². The molecule has 0 spiro atoms. The van der Waals surface area contributed by atoms with Crippen LogP contribution in [0, 0.1) is 23.3 Å². The third-order valence-electron chi connectivity index (χ3n) is 3.98. The van der Waals surface area contributed by atoms with Crippen molar-refractivity contribution in [2.75, 3.05) is 18.1 Å². The standard InChI is InChI=1S/C19H14BrF4NO2/c20-14-8-25(19-15(22)2-1-3-16(19)23)13(9-26)7-18(14)27-10-11-4-5-12(21)6-17(11)24/h1-7,26H,8-10H2. The van der Waals surface area contributed by atoms with Gasteiger partial charge in [-0.05, 0) is 40.2 Å². The summed E-state index contributed by atoms with van der Waals surface area (Å²) in [6.07, 6.45) is 1.40. The summed E-state index contributed by atoms with van der Waals surface area (Å²) in [5.41, 5.74) is 0.0564. The van der Waals surface area contributed by atoms with E-state index in [0.29, 0.717) is 4.48 Å². The van der Waals surface area contributed by atoms with E-state index in [-0.39, 0.29) is 35.9 Å². The number of rotatable bonds is 5. The Bertz CT molecular complexity index is 910. The quantitative estimate of drug-likeness (QED) is 0.676. The second kappa shape index (κ2) is 8.14. The van der Waals surface area contributed by atoms with Crippen LogP contribution in [0.1, 0.15) is 5.56 Å². The predicted octanol–water partition coefficient (Wildman–Crippen LogP) is 4.76. The largest absolute Gasteiger partial charge is 0.488 e. The first-order chi connectivity index (χ1) is 12.9. The molecule has 142 valence electrons. The van der Waals surface area contributed by atoms with Crippen molar-refractivity contribution >= 4 is 21.6 Å². The molecule has 0 fully saturated rings. The van der Waals surface area contributed by atoms with Gasteiger partial charge in [0, 0.05) is 23.4 Å². The third-order valence-corrected chi connectivity index (χ3v) is 4.62. The lowest BCUT2D eigenvalue weighted by Crippen LogP contribution is -2.31. The highest BCUT2D eigenvalue weighted by Gasteiger charge is 2.25. The molecule has 2 aromatic carbocycles. The van der Waals surface area contributed by atoms with Crippen molar-refractivity contribution in [3.05, 3.63) is 87.2 Å². The van der Waals surface area contributed by atoms with E-state index in [1.54, 1.807) is 0 Å². The van der Waals surface area contributed by atoms with Gasteiger partial charge in [-0.2, -0.15) is 0 Å². The Morgan fingerprint density at radius 1 is 1.04 bits per heavy atom. The summed E-state index contributed by atoms with van der Waals surface area (Å²) in [7, 11) is 0. The molecule has 0 amide bonds. The highest BCUT2D eigenvalue weighted by Crippen LogP contribution is 2.33. The lowest BCUT2D eigenvalue weighted by molar-refractivity contribution is 0.203. The lowest BCUT2D eigenvalue weighted by Gasteiger charge is -2.31. The van der Waals surface area contributed by atoms with E-state index in [4.69, 9.17) is 4.74 Å². The van der Waals surface area contributed by atoms with Crippen molar-refractivity contribution in [1.29, 1.82) is 0 Å². The number of hydrogen-bond donors (Lipinski definition) is 1. The fourth-order valence-electron chi connectivity index (χ4n) is 2.64. The average Bonchev–Trinajstić information content (AvgIpc) is 2.62. The highest BCUT2D eigenvalue weighted by atomic mass is 79.9. The summed E-state index contributed by atoms with van der Waals surface area (Å²) in [5, 5.41) is 9.62. The minimum atomic E-state index is -0.771. The van der Waals surface area contributed by atoms with Gasteiger partial charge in [-0.1, -0.05) is 6.07 Å². The predicted molar refractivity (Wildman–Crippen MR) is 96.0 cm³/mol. The van der Waals surface area contributed by atoms with Gasteiger partial charge in [0.05, 0.1) is 17.6 Å². The molecule has 0 radical (unpaired) electrons. The van der Waals surface area contributed by atoms with Crippen molar-refractivity contribution in [3.63, 3.8) is 0 Å². The Labute approximate surface area is 161 Å². The molecular weight excluding hydrogens is 430 g/mol. The molecule has 0 atom stereocenters. The molecule has 3 nitrogen and oxygen atoms in total. The molecule has 0 saturated carbocycles. The summed E-state index contributed by atoms with van der Waals surface area (Å²) >= 11 is 3.29. The molecule has 0 saturated heterocycles. The van der Waals surface area contributed by atoms with Crippen LogP contribution in [0.3, 0.4) is 0 Å². The van der Waals surface area contributed by atoms with Gasteiger partial charge < -0.3 is 14.7 Å². The number of para-hydroxylation sites is 1. The molecule has 0 bridgehead atoms. The maximum atomic E-state index is 14.1. The Morgan fingerprint density at radius 3 is 2.37 bits per heavy atom. The van der Waals surface area contributed by atoms with Crippen molar-refractivity contribution in [3.8, 4) is 0 Å². The van der Waals surface area contributed by atoms with E-state index in [2.05, 4.69) is 15.9 Å². The van der Waals surface area contributed by atoms with Gasteiger partial charge in [-0.25, -0.2) is 17.6 Å². The summed E-state index contributed by atoms with van der Waals surface area (Å²) in [6.45, 7) is -0.670. The molecule has 2 aromatic rings. The number of benzene rings is 2. The summed E-state index contributed by atoms with van der Waals surface area (Å²) < 4.78 is 60.9. The van der Waals surface area contributed by atoms with Crippen LogP contribution in [0.4, 0.5) is 23.2 Å². The summed E-state index contributed by atoms with van der Waals surface area (Å²) in [4.78, 5) is 1.28. The van der Waals surface area contributed by atoms with Crippen LogP contribution in [0.2, 0.25) is 0 Å². The molecule has 27 heavy (non-hydrogen) atoms. The zero-order valence-corrected chi connectivity index (χ0v) is 15.4. The first-order valence-corrected chi connectivity index (χ1v) is 8.68. The van der Waals surface area contributed by atoms with Gasteiger partial charge in [0.25, 0.3) is 0 Å². The topological polar surface area (TPSA) is 32.7 Å². The monoisotopic (exact) mass is 443 g/mol. The van der Waals surface area contributed by atoms with Crippen molar-refractivity contribution < 1.29 is 27.4 Å². The normalized spacial score (nSPS) is 14.4. The minimum absolute atomic E-state index is 0.00544. The van der Waals surface area contributed by atoms with Gasteiger partial charge >= 0.3 is 0 Å². The van der Waals surface area contributed by atoms with Gasteiger partial charge in [-0.3, -0.25) is 0 Å². The number of anilines is 1. The van der Waals surface area contributed by atoms with Crippen LogP contribution < -0.4 is 4.90 Å². The van der Waals surface area contributed by atoms with E-state index >= 15 is 0 Å². The Balaban J connectivity index is 1.84. The van der Waals surface area contributed by atoms with Gasteiger partial charge in [0.1, 0.15) is 41.3 Å². The SMILES string of the molecule is OCC1=CC(OCc2ccc(F)cc2F)=C(Br)CN1c1c(F)cccc1F. The second-order valence-corrected chi connectivity index (χ2v) is 6.70. The van der Waals surface area contributed by atoms with Crippen molar-refractivity contribution in [2.45, 2.75) is 6.61 Å². The number of ether oxygens (including phenoxy) is 1. The van der Waals surface area contributed by atoms with Crippen LogP contribution >= 0.6 is 15.9 Å². The number of allylic oxidation sites excluding steroid dienone is 1. The molecular formula is C19H14BrF4NO2. The molecule has 1 aliphatic rings. The molecule has 0 aliphatic carbocycles. The smallest absolute Gasteiger partial charge is 0.149 e. The fourth-order valence-corrected chi connectivity index (χ4v) is 3.12. The molecule has 0 unspecified atom stereocenters. The van der Waals surface area contributed by atoms with E-state index in [1.807, 2.05) is 0 Å². The number of hydrogen-bond acceptors (Lipinski definition) is 3. The van der Waals surface area contributed by atoms with Crippen LogP contribution in [-0.4, -0.2) is 18.3 Å². The zero-order valence-electron chi connectivity index (χ0n) is 13.9. The zero-order chi connectivity index (χ0) is 19.6. The Kier molecular flexibility index (Phi) is 5.86. The summed E-state index contributed by atoms with van der Waals surface area (Å²) in [5.74, 6) is -2.71. The second-order valence-electron chi connectivity index (χ2n) is 5.74. The van der Waals surface area contributed by atoms with Crippen molar-refractivity contribution in [2.24, 2.45) is 0 Å². The molecule has 8 heteroatoms. The number of aliphatic hydroxyl groups excluding tert-OH is 1. The third kappa shape index (κ3) is 4.17. The van der Waals surface area contributed by atoms with E-state index in [9.17, 15) is 22.7 Å². The van der Waals surface area contributed by atoms with Gasteiger partial charge in [0.15, 0.2) is 0 Å². The Morgan fingerprint density at radius 2 is 1.74 bits per heavy atom. The fraction of sp³-hybridized carbons (Fsp3) is 0.158. The molecule has 3 rings (SSSR count). The maximum Gasteiger partial charge on any atom is 0.149 e. The number of halogens is 5. The van der Waals surface area contributed by atoms with Gasteiger partial charge in [-0.15, -0.1) is 0 Å². The molecule has 1 N–H and O–H groups in total. The van der Waals surface area contributed by atoms with Crippen molar-refractivity contribution in [1.82, 2.24) is 0 Å².